The van der Waals surface area contributed by atoms with Gasteiger partial charge in [-0.25, -0.2) is 18.2 Å². The lowest BCUT2D eigenvalue weighted by Gasteiger charge is -2.22. The van der Waals surface area contributed by atoms with Crippen LogP contribution in [0.25, 0.3) is 11.0 Å². The van der Waals surface area contributed by atoms with Gasteiger partial charge in [0.1, 0.15) is 16.3 Å². The number of aromatic nitrogens is 3. The third-order valence-electron chi connectivity index (χ3n) is 5.15. The summed E-state index contributed by atoms with van der Waals surface area (Å²) in [5.41, 5.74) is -0.150. The van der Waals surface area contributed by atoms with E-state index in [1.54, 1.807) is 42.5 Å². The largest absolute Gasteiger partial charge is 0.496 e. The Kier molecular flexibility index (Phi) is 6.07. The number of hydrogen-bond acceptors (Lipinski definition) is 6. The summed E-state index contributed by atoms with van der Waals surface area (Å²) in [6.45, 7) is 0. The van der Waals surface area contributed by atoms with Crippen LogP contribution in [-0.4, -0.2) is 30.1 Å². The van der Waals surface area contributed by atoms with Gasteiger partial charge in [0.25, 0.3) is 5.56 Å². The molecule has 0 fully saturated rings. The maximum Gasteiger partial charge on any atom is 0.329 e. The summed E-state index contributed by atoms with van der Waals surface area (Å²) in [6, 6.07) is 14.2. The van der Waals surface area contributed by atoms with E-state index in [0.717, 1.165) is 10.8 Å². The van der Waals surface area contributed by atoms with Crippen LogP contribution < -0.4 is 20.7 Å². The van der Waals surface area contributed by atoms with Crippen LogP contribution >= 0.6 is 11.6 Å². The van der Waals surface area contributed by atoms with E-state index in [0.29, 0.717) is 21.9 Å². The molecule has 2 heterocycles. The first kappa shape index (κ1) is 22.7. The topological polar surface area (TPSA) is 123 Å². The van der Waals surface area contributed by atoms with Crippen LogP contribution in [0, 0.1) is 0 Å². The van der Waals surface area contributed by atoms with Gasteiger partial charge in [0, 0.05) is 23.8 Å². The molecule has 4 rings (SSSR count). The van der Waals surface area contributed by atoms with Crippen molar-refractivity contribution in [1.29, 1.82) is 0 Å². The molecule has 1 atom stereocenters. The fourth-order valence-electron chi connectivity index (χ4n) is 3.47. The smallest absolute Gasteiger partial charge is 0.329 e. The van der Waals surface area contributed by atoms with E-state index in [1.165, 1.54) is 20.2 Å². The van der Waals surface area contributed by atoms with Crippen molar-refractivity contribution in [1.82, 2.24) is 19.3 Å². The number of rotatable bonds is 6. The van der Waals surface area contributed by atoms with E-state index in [1.807, 2.05) is 6.07 Å². The molecule has 1 unspecified atom stereocenters. The predicted molar refractivity (Wildman–Crippen MR) is 124 cm³/mol. The zero-order chi connectivity index (χ0) is 23.8. The fraction of sp³-hybridized carbons (Fsp3) is 0.136. The van der Waals surface area contributed by atoms with Gasteiger partial charge < -0.3 is 4.74 Å². The standard InChI is InChI=1S/C22H19ClN4O5S/c1-27-20-17(21(28)25-22(27)29)11-15(12-24-20)33(30,31)26-19(13-6-4-3-5-7-13)16-10-14(23)8-9-18(16)32-2/h3-12,19,26H,1-2H3,(H,25,28,29). The van der Waals surface area contributed by atoms with Crippen LogP contribution in [-0.2, 0) is 17.1 Å². The van der Waals surface area contributed by atoms with Crippen LogP contribution in [0.3, 0.4) is 0 Å². The summed E-state index contributed by atoms with van der Waals surface area (Å²) in [5, 5.41) is 0.377. The van der Waals surface area contributed by atoms with Gasteiger partial charge in [-0.1, -0.05) is 41.9 Å². The summed E-state index contributed by atoms with van der Waals surface area (Å²) in [5.74, 6) is 0.444. The van der Waals surface area contributed by atoms with E-state index in [4.69, 9.17) is 16.3 Å². The molecule has 0 spiro atoms. The minimum absolute atomic E-state index is 0.0310. The highest BCUT2D eigenvalue weighted by molar-refractivity contribution is 7.89. The summed E-state index contributed by atoms with van der Waals surface area (Å²) in [7, 11) is -1.27. The Bertz CT molecular complexity index is 1570. The minimum atomic E-state index is -4.18. The number of sulfonamides is 1. The maximum absolute atomic E-state index is 13.4. The number of ether oxygens (including phenoxy) is 1. The van der Waals surface area contributed by atoms with E-state index in [9.17, 15) is 18.0 Å². The molecule has 0 saturated carbocycles. The summed E-state index contributed by atoms with van der Waals surface area (Å²) >= 11 is 6.20. The minimum Gasteiger partial charge on any atom is -0.496 e. The number of H-pyrrole nitrogens is 1. The Morgan fingerprint density at radius 1 is 1.12 bits per heavy atom. The molecule has 2 aromatic heterocycles. The van der Waals surface area contributed by atoms with Gasteiger partial charge in [-0.2, -0.15) is 4.72 Å². The van der Waals surface area contributed by atoms with Crippen molar-refractivity contribution in [3.05, 3.63) is 97.8 Å². The van der Waals surface area contributed by atoms with E-state index < -0.39 is 27.3 Å². The van der Waals surface area contributed by atoms with E-state index in [2.05, 4.69) is 14.7 Å². The Labute approximate surface area is 193 Å². The van der Waals surface area contributed by atoms with E-state index >= 15 is 0 Å². The Morgan fingerprint density at radius 3 is 2.55 bits per heavy atom. The normalized spacial score (nSPS) is 12.6. The number of aromatic amines is 1. The van der Waals surface area contributed by atoms with Crippen molar-refractivity contribution < 1.29 is 13.2 Å². The van der Waals surface area contributed by atoms with Crippen molar-refractivity contribution in [2.75, 3.05) is 7.11 Å². The summed E-state index contributed by atoms with van der Waals surface area (Å²) < 4.78 is 36.0. The monoisotopic (exact) mass is 486 g/mol. The molecule has 11 heteroatoms. The SMILES string of the molecule is COc1ccc(Cl)cc1C(NS(=O)(=O)c1cnc2c(c1)c(=O)[nH]c(=O)n2C)c1ccccc1. The third kappa shape index (κ3) is 4.40. The lowest BCUT2D eigenvalue weighted by Crippen LogP contribution is -2.31. The molecule has 0 aliphatic heterocycles. The second-order valence-corrected chi connectivity index (χ2v) is 9.36. The number of benzene rings is 2. The molecule has 0 amide bonds. The zero-order valence-electron chi connectivity index (χ0n) is 17.6. The van der Waals surface area contributed by atoms with Gasteiger partial charge >= 0.3 is 5.69 Å². The van der Waals surface area contributed by atoms with Crippen molar-refractivity contribution in [2.24, 2.45) is 7.05 Å². The highest BCUT2D eigenvalue weighted by Crippen LogP contribution is 2.33. The van der Waals surface area contributed by atoms with Crippen LogP contribution in [0.1, 0.15) is 17.2 Å². The lowest BCUT2D eigenvalue weighted by atomic mass is 9.99. The first-order valence-electron chi connectivity index (χ1n) is 9.71. The predicted octanol–water partition coefficient (Wildman–Crippen LogP) is 2.35. The number of methoxy groups -OCH3 is 1. The first-order valence-corrected chi connectivity index (χ1v) is 11.6. The number of aryl methyl sites for hydroxylation is 1. The summed E-state index contributed by atoms with van der Waals surface area (Å²) in [6.07, 6.45) is 1.10. The number of pyridine rings is 1. The molecule has 0 saturated heterocycles. The van der Waals surface area contributed by atoms with Gasteiger partial charge in [0.05, 0.1) is 18.5 Å². The second kappa shape index (κ2) is 8.81. The van der Waals surface area contributed by atoms with Crippen molar-refractivity contribution >= 4 is 32.7 Å². The molecular weight excluding hydrogens is 468 g/mol. The van der Waals surface area contributed by atoms with Crippen molar-refractivity contribution in [3.8, 4) is 5.75 Å². The molecule has 0 bridgehead atoms. The molecule has 33 heavy (non-hydrogen) atoms. The van der Waals surface area contributed by atoms with Crippen LogP contribution in [0.5, 0.6) is 5.75 Å². The van der Waals surface area contributed by atoms with Crippen LogP contribution in [0.4, 0.5) is 0 Å². The van der Waals surface area contributed by atoms with Gasteiger partial charge in [0.2, 0.25) is 10.0 Å². The summed E-state index contributed by atoms with van der Waals surface area (Å²) in [4.78, 5) is 30.0. The molecule has 2 N–H and O–H groups in total. The average molecular weight is 487 g/mol. The molecule has 4 aromatic rings. The molecule has 2 aromatic carbocycles. The maximum atomic E-state index is 13.4. The molecule has 0 radical (unpaired) electrons. The molecule has 170 valence electrons. The van der Waals surface area contributed by atoms with Gasteiger partial charge in [-0.15, -0.1) is 0 Å². The second-order valence-electron chi connectivity index (χ2n) is 7.21. The third-order valence-corrected chi connectivity index (χ3v) is 6.77. The number of hydrogen-bond donors (Lipinski definition) is 2. The highest BCUT2D eigenvalue weighted by atomic mass is 35.5. The molecular formula is C22H19ClN4O5S. The number of fused-ring (bicyclic) bond motifs is 1. The number of nitrogens with zero attached hydrogens (tertiary/aromatic N) is 2. The lowest BCUT2D eigenvalue weighted by molar-refractivity contribution is 0.406. The molecule has 9 nitrogen and oxygen atoms in total. The molecule has 0 aliphatic carbocycles. The Balaban J connectivity index is 1.85. The zero-order valence-corrected chi connectivity index (χ0v) is 19.1. The Hall–Kier alpha value is -3.47. The Morgan fingerprint density at radius 2 is 1.85 bits per heavy atom. The number of nitrogens with one attached hydrogen (secondary N) is 2. The molecule has 0 aliphatic rings. The van der Waals surface area contributed by atoms with Crippen LogP contribution in [0.15, 0.2) is 75.3 Å². The first-order chi connectivity index (χ1) is 15.7. The van der Waals surface area contributed by atoms with Crippen LogP contribution in [0.2, 0.25) is 5.02 Å². The van der Waals surface area contributed by atoms with E-state index in [-0.39, 0.29) is 15.9 Å². The van der Waals surface area contributed by atoms with Gasteiger partial charge in [0.15, 0.2) is 0 Å². The van der Waals surface area contributed by atoms with Gasteiger partial charge in [-0.3, -0.25) is 14.3 Å². The quantitative estimate of drug-likeness (QED) is 0.431. The van der Waals surface area contributed by atoms with Crippen molar-refractivity contribution in [3.63, 3.8) is 0 Å². The fourth-order valence-corrected chi connectivity index (χ4v) is 4.83. The number of halogens is 1. The van der Waals surface area contributed by atoms with Gasteiger partial charge in [-0.05, 0) is 29.8 Å². The van der Waals surface area contributed by atoms with Crippen molar-refractivity contribution in [2.45, 2.75) is 10.9 Å². The highest BCUT2D eigenvalue weighted by Gasteiger charge is 2.26. The average Bonchev–Trinajstić information content (AvgIpc) is 2.81.